The number of allylic oxidation sites excluding steroid dienone is 1. The average molecular weight is 619 g/mol. The molecule has 9 nitrogen and oxygen atoms in total. The lowest BCUT2D eigenvalue weighted by Crippen LogP contribution is -2.66. The summed E-state index contributed by atoms with van der Waals surface area (Å²) in [7, 11) is 1.30. The van der Waals surface area contributed by atoms with Crippen LogP contribution in [0.15, 0.2) is 49.6 Å². The summed E-state index contributed by atoms with van der Waals surface area (Å²) < 4.78 is 17.2. The fraction of sp³-hybridized carbons (Fsp3) is 0.556. The lowest BCUT2D eigenvalue weighted by molar-refractivity contribution is -0.794. The number of carbonyl (C=O) groups is 3. The molecular formula is C36H48N3O6+. The number of nitrogens with zero attached hydrogens (tertiary/aromatic N) is 2. The number of methoxy groups -OCH3 is 1. The number of likely N-dealkylation sites (tertiary alicyclic amines) is 1. The molecule has 3 aliphatic rings. The van der Waals surface area contributed by atoms with E-state index in [9.17, 15) is 14.4 Å². The zero-order valence-electron chi connectivity index (χ0n) is 26.7. The molecule has 2 heterocycles. The van der Waals surface area contributed by atoms with Crippen LogP contribution in [0.1, 0.15) is 83.2 Å². The van der Waals surface area contributed by atoms with E-state index in [1.807, 2.05) is 43.3 Å². The molecule has 1 N–H and O–H groups in total. The highest BCUT2D eigenvalue weighted by Crippen LogP contribution is 2.38. The molecule has 9 heteroatoms. The van der Waals surface area contributed by atoms with Crippen LogP contribution in [0.4, 0.5) is 9.59 Å². The number of alkyl carbamates (subject to hydrolysis) is 1. The van der Waals surface area contributed by atoms with E-state index in [2.05, 4.69) is 23.5 Å². The minimum absolute atomic E-state index is 0.0825. The van der Waals surface area contributed by atoms with Gasteiger partial charge >= 0.3 is 18.1 Å². The number of nitrogens with one attached hydrogen (secondary N) is 1. The molecule has 0 spiro atoms. The van der Waals surface area contributed by atoms with Crippen molar-refractivity contribution in [1.82, 2.24) is 10.3 Å². The van der Waals surface area contributed by atoms with E-state index in [0.717, 1.165) is 75.1 Å². The quantitative estimate of drug-likeness (QED) is 0.160. The number of unbranched alkanes of at least 4 members (excludes halogenated alkanes) is 1. The number of rotatable bonds is 11. The first-order valence-corrected chi connectivity index (χ1v) is 16.6. The van der Waals surface area contributed by atoms with Crippen LogP contribution < -0.4 is 10.1 Å². The number of benzene rings is 1. The maximum absolute atomic E-state index is 14.7. The number of carbonyl (C=O) groups excluding carboxylic acids is 3. The molecule has 1 aromatic heterocycles. The molecule has 2 aliphatic carbocycles. The first kappa shape index (κ1) is 32.7. The van der Waals surface area contributed by atoms with E-state index >= 15 is 0 Å². The van der Waals surface area contributed by atoms with Gasteiger partial charge in [0.1, 0.15) is 30.1 Å². The first-order chi connectivity index (χ1) is 21.8. The molecule has 3 fully saturated rings. The number of hydrogen-bond acceptors (Lipinski definition) is 7. The molecule has 1 aliphatic heterocycles. The van der Waals surface area contributed by atoms with Crippen molar-refractivity contribution in [3.8, 4) is 5.75 Å². The number of aromatic nitrogens is 1. The third-order valence-electron chi connectivity index (χ3n) is 10.2. The van der Waals surface area contributed by atoms with Crippen LogP contribution >= 0.6 is 0 Å². The van der Waals surface area contributed by atoms with Crippen molar-refractivity contribution in [2.45, 2.75) is 102 Å². The third kappa shape index (κ3) is 6.93. The van der Waals surface area contributed by atoms with Crippen LogP contribution in [0.3, 0.4) is 0 Å². The normalized spacial score (nSPS) is 27.2. The zero-order chi connectivity index (χ0) is 32.0. The Bertz CT molecular complexity index is 1400. The highest BCUT2D eigenvalue weighted by atomic mass is 16.6. The Morgan fingerprint density at radius 1 is 1.11 bits per heavy atom. The van der Waals surface area contributed by atoms with Gasteiger partial charge in [-0.25, -0.2) is 14.6 Å². The number of fused-ring (bicyclic) bond motifs is 1. The first-order valence-electron chi connectivity index (χ1n) is 16.6. The Hall–Kier alpha value is -3.72. The van der Waals surface area contributed by atoms with E-state index < -0.39 is 34.9 Å². The molecule has 1 aromatic carbocycles. The number of hydrogen-bond donors (Lipinski definition) is 1. The van der Waals surface area contributed by atoms with Crippen molar-refractivity contribution in [3.63, 3.8) is 0 Å². The fourth-order valence-corrected chi connectivity index (χ4v) is 7.80. The molecule has 0 bridgehead atoms. The van der Waals surface area contributed by atoms with E-state index in [4.69, 9.17) is 14.2 Å². The Labute approximate surface area is 266 Å². The van der Waals surface area contributed by atoms with E-state index in [1.165, 1.54) is 7.11 Å². The monoisotopic (exact) mass is 618 g/mol. The number of para-hydroxylation sites is 1. The summed E-state index contributed by atoms with van der Waals surface area (Å²) in [4.78, 5) is 46.4. The smallest absolute Gasteiger partial charge is 0.482 e. The molecule has 1 saturated heterocycles. The summed E-state index contributed by atoms with van der Waals surface area (Å²) in [5.41, 5.74) is 1.42. The number of imide groups is 1. The summed E-state index contributed by atoms with van der Waals surface area (Å²) in [6, 6.07) is 8.38. The van der Waals surface area contributed by atoms with Gasteiger partial charge in [0, 0.05) is 11.8 Å². The summed E-state index contributed by atoms with van der Waals surface area (Å²) >= 11 is 0. The molecular weight excluding hydrogens is 570 g/mol. The Morgan fingerprint density at radius 3 is 2.62 bits per heavy atom. The molecule has 6 atom stereocenters. The van der Waals surface area contributed by atoms with Crippen LogP contribution in [0.2, 0.25) is 0 Å². The number of quaternary nitrogens is 1. The lowest BCUT2D eigenvalue weighted by atomic mass is 9.95. The molecule has 5 rings (SSSR count). The van der Waals surface area contributed by atoms with Crippen LogP contribution in [0, 0.1) is 11.8 Å². The Balaban J connectivity index is 1.36. The van der Waals surface area contributed by atoms with Gasteiger partial charge in [-0.2, -0.15) is 9.28 Å². The zero-order valence-corrected chi connectivity index (χ0v) is 26.7. The van der Waals surface area contributed by atoms with Gasteiger partial charge in [-0.1, -0.05) is 43.7 Å². The third-order valence-corrected chi connectivity index (χ3v) is 10.2. The Kier molecular flexibility index (Phi) is 10.6. The van der Waals surface area contributed by atoms with Gasteiger partial charge in [0.2, 0.25) is 0 Å². The van der Waals surface area contributed by atoms with Crippen molar-refractivity contribution in [3.05, 3.63) is 55.3 Å². The van der Waals surface area contributed by atoms with Gasteiger partial charge in [0.25, 0.3) is 0 Å². The topological polar surface area (TPSA) is 104 Å². The number of amides is 3. The van der Waals surface area contributed by atoms with Crippen LogP contribution in [-0.2, 0) is 14.3 Å². The lowest BCUT2D eigenvalue weighted by Gasteiger charge is -2.35. The van der Waals surface area contributed by atoms with Gasteiger partial charge in [-0.15, -0.1) is 6.58 Å². The SMILES string of the molecule is C=CCCC[C@@H]1CCC[C@H]1OC(=O)N[C@H](C(=O)[N+]1(C(=O)OC)C[C@H](Oc2cc3ccccc3nc2C=C)C[C@H]1C)C1CCCC1. The van der Waals surface area contributed by atoms with Crippen molar-refractivity contribution in [1.29, 1.82) is 0 Å². The number of pyridine rings is 1. The van der Waals surface area contributed by atoms with Gasteiger partial charge in [0.05, 0.1) is 12.6 Å². The minimum Gasteiger partial charge on any atom is -0.482 e. The summed E-state index contributed by atoms with van der Waals surface area (Å²) in [5.74, 6) is 0.414. The van der Waals surface area contributed by atoms with Crippen molar-refractivity contribution in [2.24, 2.45) is 11.8 Å². The second-order valence-corrected chi connectivity index (χ2v) is 13.0. The molecule has 2 saturated carbocycles. The minimum atomic E-state index is -0.869. The Morgan fingerprint density at radius 2 is 1.89 bits per heavy atom. The largest absolute Gasteiger partial charge is 0.523 e. The van der Waals surface area contributed by atoms with E-state index in [0.29, 0.717) is 23.8 Å². The molecule has 242 valence electrons. The molecule has 3 amide bonds. The van der Waals surface area contributed by atoms with Crippen molar-refractivity contribution >= 4 is 35.1 Å². The van der Waals surface area contributed by atoms with Gasteiger partial charge in [0.15, 0.2) is 12.1 Å². The van der Waals surface area contributed by atoms with Gasteiger partial charge < -0.3 is 19.5 Å². The second kappa shape index (κ2) is 14.6. The predicted octanol–water partition coefficient (Wildman–Crippen LogP) is 7.34. The van der Waals surface area contributed by atoms with E-state index in [-0.39, 0.29) is 24.5 Å². The highest BCUT2D eigenvalue weighted by molar-refractivity contribution is 5.88. The summed E-state index contributed by atoms with van der Waals surface area (Å²) in [6.07, 6.45) is 11.5. The maximum Gasteiger partial charge on any atom is 0.523 e. The van der Waals surface area contributed by atoms with Crippen molar-refractivity contribution < 1.29 is 33.1 Å². The standard InChI is InChI=1S/C36H47N3O6/c1-5-7-8-14-25-18-13-20-31(25)45-35(41)38-33(26-15-9-10-16-26)34(40)39(36(42)43-4)23-28(21-24(39)3)44-32-22-27-17-11-12-19-30(27)37-29(32)6-2/h5-6,11-12,17,19,22,24-26,28,31,33H,1-2,7-10,13-16,18,20-21,23H2,3-4H3/p+1/t24-,25-,28-,31-,33+,39?/m1/s1. The average Bonchev–Trinajstić information content (AvgIpc) is 3.80. The van der Waals surface area contributed by atoms with Crippen LogP contribution in [-0.4, -0.2) is 65.5 Å². The summed E-state index contributed by atoms with van der Waals surface area (Å²) in [6.45, 7) is 9.68. The summed E-state index contributed by atoms with van der Waals surface area (Å²) in [5, 5.41) is 3.88. The molecule has 0 radical (unpaired) electrons. The van der Waals surface area contributed by atoms with Crippen molar-refractivity contribution in [2.75, 3.05) is 13.7 Å². The van der Waals surface area contributed by atoms with Crippen LogP contribution in [0.5, 0.6) is 5.75 Å². The second-order valence-electron chi connectivity index (χ2n) is 13.0. The fourth-order valence-electron chi connectivity index (χ4n) is 7.80. The molecule has 45 heavy (non-hydrogen) atoms. The molecule has 1 unspecified atom stereocenters. The van der Waals surface area contributed by atoms with Gasteiger partial charge in [-0.05, 0) is 88.3 Å². The molecule has 2 aromatic rings. The number of ether oxygens (including phenoxy) is 3. The predicted molar refractivity (Wildman–Crippen MR) is 173 cm³/mol. The van der Waals surface area contributed by atoms with Gasteiger partial charge in [-0.3, -0.25) is 0 Å². The maximum atomic E-state index is 14.7. The van der Waals surface area contributed by atoms with Crippen LogP contribution in [0.25, 0.3) is 17.0 Å². The van der Waals surface area contributed by atoms with E-state index in [1.54, 1.807) is 6.08 Å². The highest BCUT2D eigenvalue weighted by Gasteiger charge is 2.61.